The first-order valence-corrected chi connectivity index (χ1v) is 11.7. The van der Waals surface area contributed by atoms with Crippen LogP contribution in [0.5, 0.6) is 0 Å². The van der Waals surface area contributed by atoms with Crippen molar-refractivity contribution < 1.29 is 9.59 Å². The van der Waals surface area contributed by atoms with Crippen molar-refractivity contribution in [2.75, 3.05) is 5.75 Å². The van der Waals surface area contributed by atoms with E-state index in [2.05, 4.69) is 36.8 Å². The number of thioether (sulfide) groups is 1. The average molecular weight is 420 g/mol. The number of carbonyl (C=O) groups excluding carboxylic acids is 2. The van der Waals surface area contributed by atoms with E-state index in [1.165, 1.54) is 35.9 Å². The maximum atomic E-state index is 12.1. The lowest BCUT2D eigenvalue weighted by atomic mass is 9.95. The minimum absolute atomic E-state index is 0.155. The molecule has 2 heterocycles. The Labute approximate surface area is 172 Å². The molecule has 28 heavy (non-hydrogen) atoms. The summed E-state index contributed by atoms with van der Waals surface area (Å²) in [5.74, 6) is 0.812. The van der Waals surface area contributed by atoms with Crippen molar-refractivity contribution in [2.24, 2.45) is 0 Å². The topological polar surface area (TPSA) is 88.9 Å². The molecule has 4 rings (SSSR count). The molecule has 2 N–H and O–H groups in total. The van der Waals surface area contributed by atoms with Crippen LogP contribution in [0.3, 0.4) is 0 Å². The molecule has 0 saturated heterocycles. The minimum atomic E-state index is -0.403. The van der Waals surface area contributed by atoms with Crippen molar-refractivity contribution in [1.82, 2.24) is 25.4 Å². The third-order valence-electron chi connectivity index (χ3n) is 5.09. The van der Waals surface area contributed by atoms with Gasteiger partial charge in [0, 0.05) is 23.4 Å². The number of thiophene rings is 1. The Morgan fingerprint density at radius 1 is 1.18 bits per heavy atom. The standard InChI is InChI=1S/C19H25N5O2S2/c25-17(21-18(26)20-13-8-9-13)12-28-19-23-22-16(11-15-7-4-10-27-15)24(19)14-5-2-1-3-6-14/h4,7,10,13-14H,1-3,5-6,8-9,11-12H2,(H2,20,21,25,26). The fourth-order valence-corrected chi connectivity index (χ4v) is 5.07. The van der Waals surface area contributed by atoms with Crippen LogP contribution in [0, 0.1) is 0 Å². The summed E-state index contributed by atoms with van der Waals surface area (Å²) in [5, 5.41) is 16.8. The van der Waals surface area contributed by atoms with E-state index in [9.17, 15) is 9.59 Å². The molecule has 9 heteroatoms. The van der Waals surface area contributed by atoms with E-state index >= 15 is 0 Å². The number of nitrogens with zero attached hydrogens (tertiary/aromatic N) is 3. The third-order valence-corrected chi connectivity index (χ3v) is 6.90. The molecule has 3 amide bonds. The Morgan fingerprint density at radius 2 is 2.00 bits per heavy atom. The van der Waals surface area contributed by atoms with E-state index in [4.69, 9.17) is 0 Å². The van der Waals surface area contributed by atoms with Gasteiger partial charge in [0.05, 0.1) is 5.75 Å². The van der Waals surface area contributed by atoms with Crippen molar-refractivity contribution in [3.63, 3.8) is 0 Å². The maximum Gasteiger partial charge on any atom is 0.321 e. The number of nitrogens with one attached hydrogen (secondary N) is 2. The van der Waals surface area contributed by atoms with E-state index < -0.39 is 6.03 Å². The van der Waals surface area contributed by atoms with Gasteiger partial charge in [-0.15, -0.1) is 21.5 Å². The second-order valence-electron chi connectivity index (χ2n) is 7.40. The number of hydrogen-bond donors (Lipinski definition) is 2. The first kappa shape index (κ1) is 19.4. The zero-order valence-corrected chi connectivity index (χ0v) is 17.4. The number of imide groups is 1. The van der Waals surface area contributed by atoms with Gasteiger partial charge in [0.2, 0.25) is 5.91 Å². The van der Waals surface area contributed by atoms with Crippen molar-refractivity contribution >= 4 is 35.0 Å². The quantitative estimate of drug-likeness (QED) is 0.671. The molecule has 2 aromatic rings. The number of rotatable bonds is 7. The Morgan fingerprint density at radius 3 is 2.71 bits per heavy atom. The first-order chi connectivity index (χ1) is 13.7. The fourth-order valence-electron chi connectivity index (χ4n) is 3.54. The summed E-state index contributed by atoms with van der Waals surface area (Å²) in [6.45, 7) is 0. The SMILES string of the molecule is O=C(CSc1nnc(Cc2cccs2)n1C1CCCCC1)NC(=O)NC1CC1. The van der Waals surface area contributed by atoms with Gasteiger partial charge in [-0.05, 0) is 37.1 Å². The van der Waals surface area contributed by atoms with Crippen LogP contribution in [0.4, 0.5) is 4.79 Å². The van der Waals surface area contributed by atoms with Gasteiger partial charge in [-0.25, -0.2) is 4.79 Å². The number of aromatic nitrogens is 3. The molecule has 2 aromatic heterocycles. The van der Waals surface area contributed by atoms with Crippen LogP contribution in [0.2, 0.25) is 0 Å². The highest BCUT2D eigenvalue weighted by molar-refractivity contribution is 7.99. The number of hydrogen-bond acceptors (Lipinski definition) is 6. The maximum absolute atomic E-state index is 12.1. The zero-order valence-electron chi connectivity index (χ0n) is 15.7. The Bertz CT molecular complexity index is 810. The largest absolute Gasteiger partial charge is 0.335 e. The average Bonchev–Trinajstić information content (AvgIpc) is 3.19. The van der Waals surface area contributed by atoms with Crippen LogP contribution in [-0.4, -0.2) is 38.5 Å². The summed E-state index contributed by atoms with van der Waals surface area (Å²) in [6.07, 6.45) is 8.71. The van der Waals surface area contributed by atoms with Gasteiger partial charge in [0.25, 0.3) is 0 Å². The Kier molecular flexibility index (Phi) is 6.31. The second-order valence-corrected chi connectivity index (χ2v) is 9.38. The highest BCUT2D eigenvalue weighted by Gasteiger charge is 2.25. The number of urea groups is 1. The molecule has 0 aromatic carbocycles. The molecule has 2 aliphatic carbocycles. The summed E-state index contributed by atoms with van der Waals surface area (Å²) < 4.78 is 2.24. The van der Waals surface area contributed by atoms with Gasteiger partial charge in [-0.1, -0.05) is 37.1 Å². The summed E-state index contributed by atoms with van der Waals surface area (Å²) in [5.41, 5.74) is 0. The Hall–Kier alpha value is -1.87. The van der Waals surface area contributed by atoms with E-state index in [1.807, 2.05) is 6.07 Å². The number of carbonyl (C=O) groups is 2. The molecule has 0 unspecified atom stereocenters. The normalized spacial score (nSPS) is 17.4. The van der Waals surface area contributed by atoms with Crippen molar-refractivity contribution in [3.8, 4) is 0 Å². The van der Waals surface area contributed by atoms with Gasteiger partial charge in [-0.3, -0.25) is 10.1 Å². The van der Waals surface area contributed by atoms with Crippen LogP contribution in [0.25, 0.3) is 0 Å². The number of amides is 3. The van der Waals surface area contributed by atoms with Crippen LogP contribution in [-0.2, 0) is 11.2 Å². The van der Waals surface area contributed by atoms with Crippen LogP contribution < -0.4 is 10.6 Å². The highest BCUT2D eigenvalue weighted by Crippen LogP contribution is 2.33. The van der Waals surface area contributed by atoms with Gasteiger partial charge in [0.1, 0.15) is 5.82 Å². The highest BCUT2D eigenvalue weighted by atomic mass is 32.2. The molecular formula is C19H25N5O2S2. The van der Waals surface area contributed by atoms with Crippen LogP contribution in [0.15, 0.2) is 22.7 Å². The van der Waals surface area contributed by atoms with E-state index in [0.717, 1.165) is 43.1 Å². The first-order valence-electron chi connectivity index (χ1n) is 9.88. The van der Waals surface area contributed by atoms with E-state index in [-0.39, 0.29) is 17.7 Å². The predicted molar refractivity (Wildman–Crippen MR) is 110 cm³/mol. The molecule has 2 aliphatic rings. The summed E-state index contributed by atoms with van der Waals surface area (Å²) in [6, 6.07) is 4.38. The fraction of sp³-hybridized carbons (Fsp3) is 0.579. The molecular weight excluding hydrogens is 394 g/mol. The Balaban J connectivity index is 1.42. The van der Waals surface area contributed by atoms with Gasteiger partial charge < -0.3 is 9.88 Å². The smallest absolute Gasteiger partial charge is 0.321 e. The summed E-state index contributed by atoms with van der Waals surface area (Å²) >= 11 is 3.08. The van der Waals surface area contributed by atoms with Gasteiger partial charge in [-0.2, -0.15) is 0 Å². The molecule has 0 aliphatic heterocycles. The summed E-state index contributed by atoms with van der Waals surface area (Å²) in [7, 11) is 0. The molecule has 0 radical (unpaired) electrons. The van der Waals surface area contributed by atoms with Crippen LogP contribution in [0.1, 0.15) is 61.7 Å². The summed E-state index contributed by atoms with van der Waals surface area (Å²) in [4.78, 5) is 25.1. The van der Waals surface area contributed by atoms with Gasteiger partial charge in [0.15, 0.2) is 5.16 Å². The van der Waals surface area contributed by atoms with Crippen molar-refractivity contribution in [1.29, 1.82) is 0 Å². The molecule has 150 valence electrons. The van der Waals surface area contributed by atoms with Crippen LogP contribution >= 0.6 is 23.1 Å². The lowest BCUT2D eigenvalue weighted by molar-refractivity contribution is -0.117. The van der Waals surface area contributed by atoms with E-state index in [1.54, 1.807) is 11.3 Å². The molecule has 0 atom stereocenters. The van der Waals surface area contributed by atoms with E-state index in [0.29, 0.717) is 6.04 Å². The third kappa shape index (κ3) is 5.14. The van der Waals surface area contributed by atoms with Crippen molar-refractivity contribution in [2.45, 2.75) is 68.6 Å². The second kappa shape index (κ2) is 9.09. The monoisotopic (exact) mass is 419 g/mol. The lowest BCUT2D eigenvalue weighted by Crippen LogP contribution is -2.41. The van der Waals surface area contributed by atoms with Crippen molar-refractivity contribution in [3.05, 3.63) is 28.2 Å². The zero-order chi connectivity index (χ0) is 19.3. The lowest BCUT2D eigenvalue weighted by Gasteiger charge is -2.25. The molecule has 7 nitrogen and oxygen atoms in total. The molecule has 2 saturated carbocycles. The molecule has 0 spiro atoms. The van der Waals surface area contributed by atoms with Gasteiger partial charge >= 0.3 is 6.03 Å². The molecule has 2 fully saturated rings. The predicted octanol–water partition coefficient (Wildman–Crippen LogP) is 3.52. The minimum Gasteiger partial charge on any atom is -0.335 e. The molecule has 0 bridgehead atoms.